The molecule has 8 heteroatoms. The van der Waals surface area contributed by atoms with Crippen LogP contribution in [0.1, 0.15) is 19.3 Å². The Kier molecular flexibility index (Phi) is 6.34. The van der Waals surface area contributed by atoms with Crippen molar-refractivity contribution in [3.8, 4) is 5.75 Å². The molecular formula is C16H20ClF3N2O2. The molecule has 0 bridgehead atoms. The molecule has 1 amide bonds. The molecule has 134 valence electrons. The number of carbonyl (C=O) groups is 1. The standard InChI is InChI=1S/C16H20ClF3N2O2/c1-24-14-3-2-12(17)8-13(14)21-15(23)10-22-6-4-11(5-7-22)9-16(18,19)20/h2-3,8,11H,4-7,9-10H2,1H3,(H,21,23). The monoisotopic (exact) mass is 364 g/mol. The fourth-order valence-corrected chi connectivity index (χ4v) is 3.02. The highest BCUT2D eigenvalue weighted by atomic mass is 35.5. The predicted molar refractivity (Wildman–Crippen MR) is 86.5 cm³/mol. The van der Waals surface area contributed by atoms with Gasteiger partial charge in [0.2, 0.25) is 5.91 Å². The number of amides is 1. The Morgan fingerprint density at radius 2 is 2.04 bits per heavy atom. The molecule has 0 unspecified atom stereocenters. The molecule has 0 saturated carbocycles. The summed E-state index contributed by atoms with van der Waals surface area (Å²) in [4.78, 5) is 14.0. The number of carbonyl (C=O) groups excluding carboxylic acids is 1. The first-order chi connectivity index (χ1) is 11.3. The number of halogens is 4. The number of ether oxygens (including phenoxy) is 1. The lowest BCUT2D eigenvalue weighted by atomic mass is 9.93. The third-order valence-electron chi connectivity index (χ3n) is 4.03. The number of likely N-dealkylation sites (tertiary alicyclic amines) is 1. The molecule has 1 fully saturated rings. The van der Waals surface area contributed by atoms with Crippen LogP contribution >= 0.6 is 11.6 Å². The van der Waals surface area contributed by atoms with Crippen molar-refractivity contribution in [1.82, 2.24) is 4.90 Å². The van der Waals surface area contributed by atoms with Crippen LogP contribution in [0.15, 0.2) is 18.2 Å². The van der Waals surface area contributed by atoms with Crippen LogP contribution in [0.25, 0.3) is 0 Å². The number of hydrogen-bond acceptors (Lipinski definition) is 3. The third-order valence-corrected chi connectivity index (χ3v) is 4.27. The van der Waals surface area contributed by atoms with Crippen LogP contribution in [0.4, 0.5) is 18.9 Å². The molecule has 4 nitrogen and oxygen atoms in total. The topological polar surface area (TPSA) is 41.6 Å². The fourth-order valence-electron chi connectivity index (χ4n) is 2.85. The number of methoxy groups -OCH3 is 1. The summed E-state index contributed by atoms with van der Waals surface area (Å²) in [6, 6.07) is 4.90. The maximum atomic E-state index is 12.4. The van der Waals surface area contributed by atoms with Crippen LogP contribution in [-0.4, -0.2) is 43.7 Å². The number of rotatable bonds is 5. The first-order valence-corrected chi connectivity index (χ1v) is 8.07. The second-order valence-electron chi connectivity index (χ2n) is 5.93. The highest BCUT2D eigenvalue weighted by Gasteiger charge is 2.33. The number of hydrogen-bond donors (Lipinski definition) is 1. The Morgan fingerprint density at radius 3 is 2.62 bits per heavy atom. The van der Waals surface area contributed by atoms with Gasteiger partial charge in [-0.1, -0.05) is 11.6 Å². The number of nitrogens with one attached hydrogen (secondary N) is 1. The van der Waals surface area contributed by atoms with E-state index in [1.165, 1.54) is 7.11 Å². The van der Waals surface area contributed by atoms with Crippen molar-refractivity contribution in [3.63, 3.8) is 0 Å². The van der Waals surface area contributed by atoms with Crippen molar-refractivity contribution >= 4 is 23.2 Å². The Labute approximate surface area is 143 Å². The SMILES string of the molecule is COc1ccc(Cl)cc1NC(=O)CN1CCC(CC(F)(F)F)CC1. The van der Waals surface area contributed by atoms with Crippen LogP contribution in [0.2, 0.25) is 5.02 Å². The molecule has 1 aromatic rings. The number of nitrogens with zero attached hydrogens (tertiary/aromatic N) is 1. The van der Waals surface area contributed by atoms with Gasteiger partial charge < -0.3 is 10.1 Å². The highest BCUT2D eigenvalue weighted by molar-refractivity contribution is 6.31. The van der Waals surface area contributed by atoms with Gasteiger partial charge in [-0.05, 0) is 50.0 Å². The predicted octanol–water partition coefficient (Wildman–Crippen LogP) is 3.95. The summed E-state index contributed by atoms with van der Waals surface area (Å²) in [6.45, 7) is 1.11. The maximum Gasteiger partial charge on any atom is 0.389 e. The molecule has 0 spiro atoms. The molecule has 24 heavy (non-hydrogen) atoms. The van der Waals surface area contributed by atoms with Crippen molar-refractivity contribution in [2.24, 2.45) is 5.92 Å². The molecule has 1 heterocycles. The molecule has 0 aliphatic carbocycles. The van der Waals surface area contributed by atoms with Crippen LogP contribution in [0, 0.1) is 5.92 Å². The van der Waals surface area contributed by atoms with Crippen molar-refractivity contribution < 1.29 is 22.7 Å². The summed E-state index contributed by atoms with van der Waals surface area (Å²) in [6.07, 6.45) is -3.96. The Morgan fingerprint density at radius 1 is 1.38 bits per heavy atom. The van der Waals surface area contributed by atoms with E-state index < -0.39 is 12.6 Å². The maximum absolute atomic E-state index is 12.4. The summed E-state index contributed by atoms with van der Waals surface area (Å²) in [5.74, 6) is -0.0983. The van der Waals surface area contributed by atoms with Crippen molar-refractivity contribution in [2.75, 3.05) is 32.1 Å². The third kappa shape index (κ3) is 5.87. The van der Waals surface area contributed by atoms with E-state index in [1.54, 1.807) is 18.2 Å². The van der Waals surface area contributed by atoms with Gasteiger partial charge >= 0.3 is 6.18 Å². The normalized spacial score (nSPS) is 16.9. The van der Waals surface area contributed by atoms with Gasteiger partial charge in [-0.3, -0.25) is 9.69 Å². The van der Waals surface area contributed by atoms with Crippen LogP contribution in [0.5, 0.6) is 5.75 Å². The second kappa shape index (κ2) is 8.07. The average molecular weight is 365 g/mol. The van der Waals surface area contributed by atoms with E-state index in [0.29, 0.717) is 42.4 Å². The van der Waals surface area contributed by atoms with Crippen molar-refractivity contribution in [2.45, 2.75) is 25.4 Å². The lowest BCUT2D eigenvalue weighted by Gasteiger charge is -2.31. The highest BCUT2D eigenvalue weighted by Crippen LogP contribution is 2.31. The zero-order valence-electron chi connectivity index (χ0n) is 13.3. The van der Waals surface area contributed by atoms with Gasteiger partial charge in [0.1, 0.15) is 5.75 Å². The van der Waals surface area contributed by atoms with E-state index in [2.05, 4.69) is 5.32 Å². The zero-order chi connectivity index (χ0) is 17.7. The molecule has 1 aliphatic rings. The minimum absolute atomic E-state index is 0.133. The van der Waals surface area contributed by atoms with E-state index in [0.717, 1.165) is 0 Å². The largest absolute Gasteiger partial charge is 0.495 e. The van der Waals surface area contributed by atoms with Crippen molar-refractivity contribution in [3.05, 3.63) is 23.2 Å². The summed E-state index contributed by atoms with van der Waals surface area (Å²) in [5.41, 5.74) is 0.474. The van der Waals surface area contributed by atoms with E-state index in [4.69, 9.17) is 16.3 Å². The van der Waals surface area contributed by atoms with Gasteiger partial charge in [-0.2, -0.15) is 13.2 Å². The van der Waals surface area contributed by atoms with Crippen molar-refractivity contribution in [1.29, 1.82) is 0 Å². The molecule has 2 rings (SSSR count). The molecule has 1 N–H and O–H groups in total. The number of piperidine rings is 1. The fraction of sp³-hybridized carbons (Fsp3) is 0.562. The minimum atomic E-state index is -4.12. The Bertz CT molecular complexity index is 573. The number of anilines is 1. The van der Waals surface area contributed by atoms with Gasteiger partial charge in [0, 0.05) is 11.4 Å². The Balaban J connectivity index is 1.83. The van der Waals surface area contributed by atoms with Gasteiger partial charge in [0.25, 0.3) is 0 Å². The summed E-state index contributed by atoms with van der Waals surface area (Å²) < 4.78 is 42.3. The lowest BCUT2D eigenvalue weighted by Crippen LogP contribution is -2.40. The Hall–Kier alpha value is -1.47. The first kappa shape index (κ1) is 18.9. The quantitative estimate of drug-likeness (QED) is 0.860. The summed E-state index contributed by atoms with van der Waals surface area (Å²) in [5, 5.41) is 3.20. The molecule has 1 saturated heterocycles. The van der Waals surface area contributed by atoms with Gasteiger partial charge in [0.15, 0.2) is 0 Å². The van der Waals surface area contributed by atoms with E-state index in [1.807, 2.05) is 4.90 Å². The number of benzene rings is 1. The van der Waals surface area contributed by atoms with Crippen LogP contribution < -0.4 is 10.1 Å². The van der Waals surface area contributed by atoms with Gasteiger partial charge in [-0.25, -0.2) is 0 Å². The minimum Gasteiger partial charge on any atom is -0.495 e. The molecular weight excluding hydrogens is 345 g/mol. The summed E-state index contributed by atoms with van der Waals surface area (Å²) >= 11 is 5.91. The molecule has 0 atom stereocenters. The summed E-state index contributed by atoms with van der Waals surface area (Å²) in [7, 11) is 1.49. The smallest absolute Gasteiger partial charge is 0.389 e. The van der Waals surface area contributed by atoms with Crippen LogP contribution in [0.3, 0.4) is 0 Å². The van der Waals surface area contributed by atoms with E-state index >= 15 is 0 Å². The van der Waals surface area contributed by atoms with Gasteiger partial charge in [0.05, 0.1) is 19.3 Å². The molecule has 1 aliphatic heterocycles. The molecule has 0 aromatic heterocycles. The average Bonchev–Trinajstić information content (AvgIpc) is 2.48. The first-order valence-electron chi connectivity index (χ1n) is 7.69. The lowest BCUT2D eigenvalue weighted by molar-refractivity contribution is -0.147. The van der Waals surface area contributed by atoms with Crippen LogP contribution in [-0.2, 0) is 4.79 Å². The van der Waals surface area contributed by atoms with E-state index in [-0.39, 0.29) is 18.4 Å². The van der Waals surface area contributed by atoms with Gasteiger partial charge in [-0.15, -0.1) is 0 Å². The number of alkyl halides is 3. The molecule has 1 aromatic carbocycles. The zero-order valence-corrected chi connectivity index (χ0v) is 14.1. The molecule has 0 radical (unpaired) electrons. The van der Waals surface area contributed by atoms with E-state index in [9.17, 15) is 18.0 Å². The second-order valence-corrected chi connectivity index (χ2v) is 6.37.